The lowest BCUT2D eigenvalue weighted by molar-refractivity contribution is -0.140. The first-order chi connectivity index (χ1) is 9.90. The molecule has 1 aromatic carbocycles. The highest BCUT2D eigenvalue weighted by Crippen LogP contribution is 2.13. The summed E-state index contributed by atoms with van der Waals surface area (Å²) in [6.45, 7) is 3.72. The Morgan fingerprint density at radius 2 is 1.86 bits per heavy atom. The predicted octanol–water partition coefficient (Wildman–Crippen LogP) is 1.11. The molecule has 5 nitrogen and oxygen atoms in total. The summed E-state index contributed by atoms with van der Waals surface area (Å²) >= 11 is 0. The first-order valence-corrected chi connectivity index (χ1v) is 6.86. The van der Waals surface area contributed by atoms with Crippen LogP contribution in [0.25, 0.3) is 0 Å². The predicted molar refractivity (Wildman–Crippen MR) is 76.8 cm³/mol. The van der Waals surface area contributed by atoms with Gasteiger partial charge in [0.1, 0.15) is 5.82 Å². The number of benzene rings is 1. The van der Waals surface area contributed by atoms with Gasteiger partial charge in [0.05, 0.1) is 0 Å². The van der Waals surface area contributed by atoms with Crippen LogP contribution < -0.4 is 10.6 Å². The van der Waals surface area contributed by atoms with Gasteiger partial charge in [0.15, 0.2) is 0 Å². The standard InChI is InChI=1S/C15H21FN2O3/c1-3-15(2,8-9-19)18-14(21)13(20)17-10-11-4-6-12(16)7-5-11/h4-7,19H,3,8-10H2,1-2H3,(H,17,20)(H,18,21). The molecule has 116 valence electrons. The monoisotopic (exact) mass is 296 g/mol. The van der Waals surface area contributed by atoms with E-state index in [1.54, 1.807) is 6.92 Å². The van der Waals surface area contributed by atoms with Crippen molar-refractivity contribution in [3.05, 3.63) is 35.6 Å². The molecule has 21 heavy (non-hydrogen) atoms. The minimum absolute atomic E-state index is 0.0676. The SMILES string of the molecule is CCC(C)(CCO)NC(=O)C(=O)NCc1ccc(F)cc1. The van der Waals surface area contributed by atoms with Gasteiger partial charge in [-0.25, -0.2) is 4.39 Å². The summed E-state index contributed by atoms with van der Waals surface area (Å²) in [6, 6.07) is 5.65. The molecular weight excluding hydrogens is 275 g/mol. The van der Waals surface area contributed by atoms with Gasteiger partial charge in [-0.1, -0.05) is 19.1 Å². The van der Waals surface area contributed by atoms with E-state index < -0.39 is 17.4 Å². The second kappa shape index (κ2) is 7.73. The van der Waals surface area contributed by atoms with Gasteiger partial charge in [-0.3, -0.25) is 9.59 Å². The van der Waals surface area contributed by atoms with E-state index in [9.17, 15) is 14.0 Å². The van der Waals surface area contributed by atoms with Crippen LogP contribution in [0.1, 0.15) is 32.3 Å². The van der Waals surface area contributed by atoms with Crippen molar-refractivity contribution < 1.29 is 19.1 Å². The third kappa shape index (κ3) is 5.51. The van der Waals surface area contributed by atoms with Crippen LogP contribution in [0.3, 0.4) is 0 Å². The van der Waals surface area contributed by atoms with Gasteiger partial charge >= 0.3 is 11.8 Å². The highest BCUT2D eigenvalue weighted by molar-refractivity contribution is 6.35. The Morgan fingerprint density at radius 1 is 1.24 bits per heavy atom. The molecule has 0 aliphatic heterocycles. The van der Waals surface area contributed by atoms with E-state index in [0.29, 0.717) is 18.4 Å². The number of carbonyl (C=O) groups excluding carboxylic acids is 2. The molecule has 1 atom stereocenters. The lowest BCUT2D eigenvalue weighted by Crippen LogP contribution is -2.51. The average molecular weight is 296 g/mol. The van der Waals surface area contributed by atoms with Gasteiger partial charge in [0.2, 0.25) is 0 Å². The van der Waals surface area contributed by atoms with E-state index in [2.05, 4.69) is 10.6 Å². The van der Waals surface area contributed by atoms with Crippen LogP contribution in [0.4, 0.5) is 4.39 Å². The topological polar surface area (TPSA) is 78.4 Å². The van der Waals surface area contributed by atoms with Crippen LogP contribution >= 0.6 is 0 Å². The third-order valence-electron chi connectivity index (χ3n) is 3.43. The average Bonchev–Trinajstić information content (AvgIpc) is 2.46. The second-order valence-electron chi connectivity index (χ2n) is 5.15. The number of aliphatic hydroxyl groups is 1. The summed E-state index contributed by atoms with van der Waals surface area (Å²) < 4.78 is 12.7. The van der Waals surface area contributed by atoms with Crippen LogP contribution in [-0.4, -0.2) is 29.1 Å². The number of aliphatic hydroxyl groups excluding tert-OH is 1. The summed E-state index contributed by atoms with van der Waals surface area (Å²) in [6.07, 6.45) is 0.977. The van der Waals surface area contributed by atoms with Crippen LogP contribution in [0.15, 0.2) is 24.3 Å². The summed E-state index contributed by atoms with van der Waals surface area (Å²) in [5.41, 5.74) is 0.0881. The zero-order chi connectivity index (χ0) is 15.9. The van der Waals surface area contributed by atoms with Crippen molar-refractivity contribution in [2.75, 3.05) is 6.61 Å². The molecule has 0 saturated carbocycles. The van der Waals surface area contributed by atoms with Gasteiger partial charge in [-0.15, -0.1) is 0 Å². The van der Waals surface area contributed by atoms with E-state index >= 15 is 0 Å². The molecule has 6 heteroatoms. The quantitative estimate of drug-likeness (QED) is 0.688. The molecule has 1 aromatic rings. The molecular formula is C15H21FN2O3. The molecule has 0 fully saturated rings. The number of halogens is 1. The molecule has 3 N–H and O–H groups in total. The summed E-state index contributed by atoms with van der Waals surface area (Å²) in [5.74, 6) is -1.85. The zero-order valence-corrected chi connectivity index (χ0v) is 12.3. The molecule has 0 radical (unpaired) electrons. The highest BCUT2D eigenvalue weighted by Gasteiger charge is 2.26. The molecule has 0 spiro atoms. The maximum atomic E-state index is 12.7. The Labute approximate surface area is 123 Å². The Balaban J connectivity index is 2.51. The van der Waals surface area contributed by atoms with Gasteiger partial charge < -0.3 is 15.7 Å². The molecule has 0 aromatic heterocycles. The van der Waals surface area contributed by atoms with Gasteiger partial charge in [0, 0.05) is 18.7 Å². The fourth-order valence-corrected chi connectivity index (χ4v) is 1.77. The van der Waals surface area contributed by atoms with Crippen molar-refractivity contribution in [3.63, 3.8) is 0 Å². The smallest absolute Gasteiger partial charge is 0.309 e. The highest BCUT2D eigenvalue weighted by atomic mass is 19.1. The molecule has 0 bridgehead atoms. The second-order valence-corrected chi connectivity index (χ2v) is 5.15. The van der Waals surface area contributed by atoms with Crippen LogP contribution in [0.2, 0.25) is 0 Å². The van der Waals surface area contributed by atoms with Crippen molar-refractivity contribution in [2.45, 2.75) is 38.8 Å². The van der Waals surface area contributed by atoms with Crippen molar-refractivity contribution in [2.24, 2.45) is 0 Å². The largest absolute Gasteiger partial charge is 0.396 e. The third-order valence-corrected chi connectivity index (χ3v) is 3.43. The normalized spacial score (nSPS) is 13.3. The fourth-order valence-electron chi connectivity index (χ4n) is 1.77. The summed E-state index contributed by atoms with van der Waals surface area (Å²) in [5, 5.41) is 14.1. The number of hydrogen-bond acceptors (Lipinski definition) is 3. The van der Waals surface area contributed by atoms with E-state index in [-0.39, 0.29) is 19.0 Å². The molecule has 0 aliphatic rings. The van der Waals surface area contributed by atoms with Crippen molar-refractivity contribution in [3.8, 4) is 0 Å². The maximum absolute atomic E-state index is 12.7. The number of carbonyl (C=O) groups is 2. The van der Waals surface area contributed by atoms with E-state index in [1.165, 1.54) is 24.3 Å². The first-order valence-electron chi connectivity index (χ1n) is 6.86. The molecule has 0 heterocycles. The number of rotatable bonds is 6. The Hall–Kier alpha value is -1.95. The Kier molecular flexibility index (Phi) is 6.30. The summed E-state index contributed by atoms with van der Waals surface area (Å²) in [4.78, 5) is 23.5. The van der Waals surface area contributed by atoms with Crippen LogP contribution in [-0.2, 0) is 16.1 Å². The number of nitrogens with one attached hydrogen (secondary N) is 2. The summed E-state index contributed by atoms with van der Waals surface area (Å²) in [7, 11) is 0. The molecule has 1 unspecified atom stereocenters. The molecule has 0 aliphatic carbocycles. The van der Waals surface area contributed by atoms with Crippen LogP contribution in [0.5, 0.6) is 0 Å². The van der Waals surface area contributed by atoms with Crippen LogP contribution in [0, 0.1) is 5.82 Å². The molecule has 1 rings (SSSR count). The zero-order valence-electron chi connectivity index (χ0n) is 12.3. The molecule has 0 saturated heterocycles. The van der Waals surface area contributed by atoms with Crippen molar-refractivity contribution >= 4 is 11.8 Å². The Morgan fingerprint density at radius 3 is 2.38 bits per heavy atom. The first kappa shape index (κ1) is 17.1. The van der Waals surface area contributed by atoms with Gasteiger partial charge in [0.25, 0.3) is 0 Å². The van der Waals surface area contributed by atoms with Gasteiger partial charge in [-0.2, -0.15) is 0 Å². The van der Waals surface area contributed by atoms with E-state index in [1.807, 2.05) is 6.92 Å². The van der Waals surface area contributed by atoms with Crippen molar-refractivity contribution in [1.82, 2.24) is 10.6 Å². The van der Waals surface area contributed by atoms with E-state index in [0.717, 1.165) is 0 Å². The van der Waals surface area contributed by atoms with E-state index in [4.69, 9.17) is 5.11 Å². The lowest BCUT2D eigenvalue weighted by atomic mass is 9.95. The Bertz CT molecular complexity index is 490. The number of hydrogen-bond donors (Lipinski definition) is 3. The maximum Gasteiger partial charge on any atom is 0.309 e. The van der Waals surface area contributed by atoms with Gasteiger partial charge in [-0.05, 0) is 37.5 Å². The van der Waals surface area contributed by atoms with Crippen molar-refractivity contribution in [1.29, 1.82) is 0 Å². The lowest BCUT2D eigenvalue weighted by Gasteiger charge is -2.28. The molecule has 2 amide bonds. The fraction of sp³-hybridized carbons (Fsp3) is 0.467. The number of amides is 2. The minimum atomic E-state index is -0.753. The minimum Gasteiger partial charge on any atom is -0.396 e.